The molecule has 0 aromatic carbocycles. The van der Waals surface area contributed by atoms with Crippen molar-refractivity contribution in [3.05, 3.63) is 23.5 Å². The van der Waals surface area contributed by atoms with Gasteiger partial charge in [-0.25, -0.2) is 0 Å². The van der Waals surface area contributed by atoms with E-state index in [4.69, 9.17) is 4.74 Å². The van der Waals surface area contributed by atoms with Gasteiger partial charge in [-0.05, 0) is 32.9 Å². The number of ether oxygens (including phenoxy) is 1. The lowest BCUT2D eigenvalue weighted by Crippen LogP contribution is -2.26. The average molecular weight is 278 g/mol. The van der Waals surface area contributed by atoms with Crippen LogP contribution in [0.2, 0.25) is 0 Å². The van der Waals surface area contributed by atoms with Gasteiger partial charge in [-0.15, -0.1) is 0 Å². The van der Waals surface area contributed by atoms with E-state index in [0.717, 1.165) is 19.4 Å². The van der Waals surface area contributed by atoms with E-state index in [9.17, 15) is 17.6 Å². The van der Waals surface area contributed by atoms with Crippen molar-refractivity contribution >= 4 is 0 Å². The highest BCUT2D eigenvalue weighted by Crippen LogP contribution is 2.25. The van der Waals surface area contributed by atoms with Gasteiger partial charge in [-0.1, -0.05) is 0 Å². The van der Waals surface area contributed by atoms with Crippen molar-refractivity contribution in [3.8, 4) is 5.75 Å². The molecule has 0 aliphatic carbocycles. The number of aromatic nitrogens is 1. The summed E-state index contributed by atoms with van der Waals surface area (Å²) in [5, 5.41) is 0. The molecule has 0 saturated carbocycles. The van der Waals surface area contributed by atoms with Gasteiger partial charge in [-0.2, -0.15) is 22.5 Å². The maximum absolute atomic E-state index is 13.2. The lowest BCUT2D eigenvalue weighted by atomic mass is 10.1. The van der Waals surface area contributed by atoms with Crippen LogP contribution in [0.15, 0.2) is 0 Å². The lowest BCUT2D eigenvalue weighted by molar-refractivity contribution is 0.214. The Kier molecular flexibility index (Phi) is 4.24. The minimum atomic E-state index is -1.70. The third-order valence-electron chi connectivity index (χ3n) is 3.33. The van der Waals surface area contributed by atoms with E-state index in [1.807, 2.05) is 7.05 Å². The number of rotatable bonds is 4. The monoisotopic (exact) mass is 278 g/mol. The third-order valence-corrected chi connectivity index (χ3v) is 3.33. The van der Waals surface area contributed by atoms with Gasteiger partial charge in [0.25, 0.3) is 11.9 Å². The zero-order valence-electron chi connectivity index (χ0n) is 10.4. The standard InChI is InChI=1S/C12H14F4N2O/c1-18-5-2-3-7(18)4-6-19-10-8(13)11(15)17-12(16)9(10)14/h7H,2-6H2,1H3. The van der Waals surface area contributed by atoms with Crippen molar-refractivity contribution in [2.45, 2.75) is 25.3 Å². The Bertz CT molecular complexity index is 443. The second-order valence-electron chi connectivity index (χ2n) is 4.56. The highest BCUT2D eigenvalue weighted by atomic mass is 19.2. The molecule has 1 atom stereocenters. The molecule has 2 rings (SSSR count). The predicted molar refractivity (Wildman–Crippen MR) is 59.8 cm³/mol. The molecule has 1 unspecified atom stereocenters. The molecule has 0 radical (unpaired) electrons. The van der Waals surface area contributed by atoms with Crippen LogP contribution in [0.3, 0.4) is 0 Å². The Balaban J connectivity index is 1.99. The van der Waals surface area contributed by atoms with E-state index >= 15 is 0 Å². The lowest BCUT2D eigenvalue weighted by Gasteiger charge is -2.19. The summed E-state index contributed by atoms with van der Waals surface area (Å²) in [5.74, 6) is -7.64. The van der Waals surface area contributed by atoms with Crippen LogP contribution in [0.4, 0.5) is 17.6 Å². The number of hydrogen-bond acceptors (Lipinski definition) is 3. The summed E-state index contributed by atoms with van der Waals surface area (Å²) in [7, 11) is 1.95. The molecule has 106 valence electrons. The molecule has 7 heteroatoms. The van der Waals surface area contributed by atoms with Crippen LogP contribution in [0, 0.1) is 23.5 Å². The smallest absolute Gasteiger partial charge is 0.255 e. The van der Waals surface area contributed by atoms with Gasteiger partial charge in [0.1, 0.15) is 0 Å². The van der Waals surface area contributed by atoms with Crippen LogP contribution >= 0.6 is 0 Å². The van der Waals surface area contributed by atoms with Crippen molar-refractivity contribution in [1.29, 1.82) is 0 Å². The molecule has 1 aromatic rings. The second-order valence-corrected chi connectivity index (χ2v) is 4.56. The highest BCUT2D eigenvalue weighted by molar-refractivity contribution is 5.24. The van der Waals surface area contributed by atoms with E-state index in [1.54, 1.807) is 0 Å². The van der Waals surface area contributed by atoms with Crippen molar-refractivity contribution in [3.63, 3.8) is 0 Å². The highest BCUT2D eigenvalue weighted by Gasteiger charge is 2.24. The molecule has 0 bridgehead atoms. The molecule has 1 saturated heterocycles. The minimum absolute atomic E-state index is 0.00819. The van der Waals surface area contributed by atoms with Gasteiger partial charge >= 0.3 is 0 Å². The fraction of sp³-hybridized carbons (Fsp3) is 0.583. The zero-order chi connectivity index (χ0) is 14.0. The number of halogens is 4. The fourth-order valence-electron chi connectivity index (χ4n) is 2.24. The number of pyridine rings is 1. The fourth-order valence-corrected chi connectivity index (χ4v) is 2.24. The van der Waals surface area contributed by atoms with Crippen LogP contribution in [0.5, 0.6) is 5.75 Å². The van der Waals surface area contributed by atoms with Crippen LogP contribution in [0.25, 0.3) is 0 Å². The van der Waals surface area contributed by atoms with Crippen LogP contribution in [-0.4, -0.2) is 36.1 Å². The summed E-state index contributed by atoms with van der Waals surface area (Å²) < 4.78 is 57.0. The molecule has 0 N–H and O–H groups in total. The first-order chi connectivity index (χ1) is 9.00. The van der Waals surface area contributed by atoms with Crippen LogP contribution in [-0.2, 0) is 0 Å². The second kappa shape index (κ2) is 5.73. The van der Waals surface area contributed by atoms with Gasteiger partial charge in [-0.3, -0.25) is 0 Å². The van der Waals surface area contributed by atoms with E-state index in [1.165, 1.54) is 0 Å². The topological polar surface area (TPSA) is 25.4 Å². The predicted octanol–water partition coefficient (Wildman–Crippen LogP) is 2.50. The molecule has 2 heterocycles. The SMILES string of the molecule is CN1CCCC1CCOc1c(F)c(F)nc(F)c1F. The first-order valence-corrected chi connectivity index (χ1v) is 6.03. The first-order valence-electron chi connectivity index (χ1n) is 6.03. The molecule has 3 nitrogen and oxygen atoms in total. The molecule has 1 fully saturated rings. The van der Waals surface area contributed by atoms with E-state index in [2.05, 4.69) is 9.88 Å². The van der Waals surface area contributed by atoms with Crippen molar-refractivity contribution < 1.29 is 22.3 Å². The van der Waals surface area contributed by atoms with Crippen LogP contribution in [0.1, 0.15) is 19.3 Å². The molecule has 1 aliphatic rings. The number of likely N-dealkylation sites (tertiary alicyclic amines) is 1. The largest absolute Gasteiger partial charge is 0.487 e. The summed E-state index contributed by atoms with van der Waals surface area (Å²) in [5.41, 5.74) is 0. The summed E-state index contributed by atoms with van der Waals surface area (Å²) in [6.45, 7) is 0.956. The zero-order valence-corrected chi connectivity index (χ0v) is 10.4. The Labute approximate surface area is 108 Å². The summed E-state index contributed by atoms with van der Waals surface area (Å²) in [6, 6.07) is 0.266. The van der Waals surface area contributed by atoms with Gasteiger partial charge < -0.3 is 9.64 Å². The average Bonchev–Trinajstić information content (AvgIpc) is 2.77. The number of hydrogen-bond donors (Lipinski definition) is 0. The van der Waals surface area contributed by atoms with Gasteiger partial charge in [0, 0.05) is 6.04 Å². The normalized spacial score (nSPS) is 19.9. The van der Waals surface area contributed by atoms with Crippen LogP contribution < -0.4 is 4.74 Å². The summed E-state index contributed by atoms with van der Waals surface area (Å²) in [4.78, 5) is 4.57. The maximum atomic E-state index is 13.2. The molecular weight excluding hydrogens is 264 g/mol. The van der Waals surface area contributed by atoms with Crippen molar-refractivity contribution in [1.82, 2.24) is 9.88 Å². The van der Waals surface area contributed by atoms with Crippen molar-refractivity contribution in [2.75, 3.05) is 20.2 Å². The maximum Gasteiger partial charge on any atom is 0.255 e. The van der Waals surface area contributed by atoms with E-state index < -0.39 is 29.3 Å². The van der Waals surface area contributed by atoms with E-state index in [0.29, 0.717) is 6.42 Å². The molecule has 1 aliphatic heterocycles. The van der Waals surface area contributed by atoms with E-state index in [-0.39, 0.29) is 12.6 Å². The Hall–Kier alpha value is -1.37. The molecule has 0 amide bonds. The molecular formula is C12H14F4N2O. The molecule has 0 spiro atoms. The Morgan fingerprint density at radius 1 is 1.21 bits per heavy atom. The minimum Gasteiger partial charge on any atom is -0.487 e. The quantitative estimate of drug-likeness (QED) is 0.625. The van der Waals surface area contributed by atoms with Gasteiger partial charge in [0.05, 0.1) is 6.61 Å². The molecule has 19 heavy (non-hydrogen) atoms. The summed E-state index contributed by atoms with van der Waals surface area (Å²) in [6.07, 6.45) is 2.58. The van der Waals surface area contributed by atoms with Gasteiger partial charge in [0.2, 0.25) is 11.6 Å². The van der Waals surface area contributed by atoms with Crippen molar-refractivity contribution in [2.24, 2.45) is 0 Å². The first kappa shape index (κ1) is 14.0. The summed E-state index contributed by atoms with van der Waals surface area (Å²) >= 11 is 0. The Morgan fingerprint density at radius 3 is 2.37 bits per heavy atom. The number of nitrogens with zero attached hydrogens (tertiary/aromatic N) is 2. The van der Waals surface area contributed by atoms with Gasteiger partial charge in [0.15, 0.2) is 5.75 Å². The molecule has 1 aromatic heterocycles. The Morgan fingerprint density at radius 2 is 1.84 bits per heavy atom. The third kappa shape index (κ3) is 2.97.